The lowest BCUT2D eigenvalue weighted by molar-refractivity contribution is -0.118. The summed E-state index contributed by atoms with van der Waals surface area (Å²) in [5.74, 6) is -0.0878. The van der Waals surface area contributed by atoms with Crippen LogP contribution in [-0.2, 0) is 4.79 Å². The van der Waals surface area contributed by atoms with Gasteiger partial charge in [-0.25, -0.2) is 4.68 Å². The second-order valence-electron chi connectivity index (χ2n) is 7.39. The summed E-state index contributed by atoms with van der Waals surface area (Å²) in [7, 11) is 0. The van der Waals surface area contributed by atoms with E-state index >= 15 is 0 Å². The summed E-state index contributed by atoms with van der Waals surface area (Å²) in [5, 5.41) is 10.4. The molecule has 1 fully saturated rings. The fourth-order valence-electron chi connectivity index (χ4n) is 4.20. The number of nitrogens with one attached hydrogen (secondary N) is 1. The Morgan fingerprint density at radius 3 is 2.43 bits per heavy atom. The Bertz CT molecular complexity index is 1290. The molecule has 148 valence electrons. The van der Waals surface area contributed by atoms with Crippen molar-refractivity contribution in [1.82, 2.24) is 15.1 Å². The zero-order valence-electron chi connectivity index (χ0n) is 16.7. The van der Waals surface area contributed by atoms with Crippen molar-refractivity contribution in [3.05, 3.63) is 89.7 Å². The van der Waals surface area contributed by atoms with Crippen molar-refractivity contribution in [1.29, 1.82) is 0 Å². The number of fused-ring (bicyclic) bond motifs is 1. The molecule has 6 heteroatoms. The zero-order chi connectivity index (χ0) is 20.8. The minimum absolute atomic E-state index is 0.0878. The molecule has 0 radical (unpaired) electrons. The Balaban J connectivity index is 1.58. The lowest BCUT2D eigenvalue weighted by atomic mass is 10.0. The number of para-hydroxylation sites is 1. The van der Waals surface area contributed by atoms with Gasteiger partial charge in [-0.2, -0.15) is 5.10 Å². The second kappa shape index (κ2) is 7.07. The van der Waals surface area contributed by atoms with E-state index in [0.29, 0.717) is 5.11 Å². The standard InChI is InChI=1S/C24H20N4OS/c1-15-21(16(2)28(26-15)18-11-4-3-5-12-18)22-23(29)27(24(30)25-22)20-14-8-10-17-9-6-7-13-19(17)20/h3-14,22H,1-2H3,(H,25,30)/t22-/m1/s1. The van der Waals surface area contributed by atoms with Crippen molar-refractivity contribution in [2.24, 2.45) is 0 Å². The van der Waals surface area contributed by atoms with Gasteiger partial charge in [0.15, 0.2) is 5.11 Å². The van der Waals surface area contributed by atoms with Crippen molar-refractivity contribution in [3.63, 3.8) is 0 Å². The number of carbonyl (C=O) groups excluding carboxylic acids is 1. The van der Waals surface area contributed by atoms with Crippen LogP contribution in [0.2, 0.25) is 0 Å². The minimum atomic E-state index is -0.561. The highest BCUT2D eigenvalue weighted by molar-refractivity contribution is 7.80. The van der Waals surface area contributed by atoms with E-state index < -0.39 is 6.04 Å². The van der Waals surface area contributed by atoms with E-state index in [1.54, 1.807) is 4.90 Å². The molecule has 5 nitrogen and oxygen atoms in total. The number of thiocarbonyl (C=S) groups is 1. The maximum Gasteiger partial charge on any atom is 0.260 e. The van der Waals surface area contributed by atoms with Crippen LogP contribution >= 0.6 is 12.2 Å². The van der Waals surface area contributed by atoms with Crippen LogP contribution in [-0.4, -0.2) is 20.8 Å². The summed E-state index contributed by atoms with van der Waals surface area (Å²) in [4.78, 5) is 15.2. The molecule has 1 aliphatic rings. The first-order valence-corrected chi connectivity index (χ1v) is 10.2. The van der Waals surface area contributed by atoms with Crippen LogP contribution in [0.25, 0.3) is 16.5 Å². The fraction of sp³-hybridized carbons (Fsp3) is 0.125. The molecule has 0 bridgehead atoms. The predicted octanol–water partition coefficient (Wildman–Crippen LogP) is 4.60. The third-order valence-electron chi connectivity index (χ3n) is 5.58. The first-order chi connectivity index (χ1) is 14.6. The summed E-state index contributed by atoms with van der Waals surface area (Å²) >= 11 is 5.59. The molecule has 5 rings (SSSR count). The van der Waals surface area contributed by atoms with E-state index in [4.69, 9.17) is 17.3 Å². The number of aromatic nitrogens is 2. The van der Waals surface area contributed by atoms with Crippen molar-refractivity contribution >= 4 is 39.7 Å². The van der Waals surface area contributed by atoms with E-state index in [-0.39, 0.29) is 5.91 Å². The van der Waals surface area contributed by atoms with Gasteiger partial charge in [-0.15, -0.1) is 0 Å². The maximum absolute atomic E-state index is 13.5. The number of benzene rings is 3. The number of aryl methyl sites for hydroxylation is 1. The molecular weight excluding hydrogens is 392 g/mol. The van der Waals surface area contributed by atoms with Gasteiger partial charge in [-0.05, 0) is 49.7 Å². The van der Waals surface area contributed by atoms with Crippen LogP contribution in [0.4, 0.5) is 5.69 Å². The molecule has 1 aromatic heterocycles. The summed E-state index contributed by atoms with van der Waals surface area (Å²) in [5.41, 5.74) is 4.36. The highest BCUT2D eigenvalue weighted by Crippen LogP contribution is 2.34. The molecule has 3 aromatic carbocycles. The molecule has 1 atom stereocenters. The molecule has 1 saturated heterocycles. The van der Waals surface area contributed by atoms with Crippen LogP contribution in [0, 0.1) is 13.8 Å². The van der Waals surface area contributed by atoms with Crippen molar-refractivity contribution < 1.29 is 4.79 Å². The van der Waals surface area contributed by atoms with Gasteiger partial charge < -0.3 is 5.32 Å². The number of hydrogen-bond donors (Lipinski definition) is 1. The predicted molar refractivity (Wildman–Crippen MR) is 123 cm³/mol. The summed E-state index contributed by atoms with van der Waals surface area (Å²) < 4.78 is 1.88. The van der Waals surface area contributed by atoms with Gasteiger partial charge in [0.1, 0.15) is 6.04 Å². The Kier molecular flexibility index (Phi) is 4.37. The lowest BCUT2D eigenvalue weighted by Crippen LogP contribution is -2.30. The van der Waals surface area contributed by atoms with Crippen LogP contribution in [0.1, 0.15) is 23.0 Å². The Hall–Kier alpha value is -3.51. The van der Waals surface area contributed by atoms with E-state index in [1.807, 2.05) is 91.3 Å². The molecule has 0 aliphatic carbocycles. The average molecular weight is 413 g/mol. The van der Waals surface area contributed by atoms with E-state index in [9.17, 15) is 4.79 Å². The summed E-state index contributed by atoms with van der Waals surface area (Å²) in [6.45, 7) is 3.92. The number of carbonyl (C=O) groups is 1. The number of hydrogen-bond acceptors (Lipinski definition) is 3. The molecular formula is C24H20N4OS. The molecule has 2 heterocycles. The Morgan fingerprint density at radius 1 is 0.933 bits per heavy atom. The highest BCUT2D eigenvalue weighted by Gasteiger charge is 2.40. The first-order valence-electron chi connectivity index (χ1n) is 9.80. The number of nitrogens with zero attached hydrogens (tertiary/aromatic N) is 3. The van der Waals surface area contributed by atoms with Gasteiger partial charge in [0, 0.05) is 16.6 Å². The van der Waals surface area contributed by atoms with Crippen molar-refractivity contribution in [2.45, 2.75) is 19.9 Å². The Morgan fingerprint density at radius 2 is 1.63 bits per heavy atom. The SMILES string of the molecule is Cc1nn(-c2ccccc2)c(C)c1[C@H]1NC(=S)N(c2cccc3ccccc23)C1=O. The van der Waals surface area contributed by atoms with Gasteiger partial charge >= 0.3 is 0 Å². The smallest absolute Gasteiger partial charge is 0.260 e. The molecule has 1 N–H and O–H groups in total. The van der Waals surface area contributed by atoms with Gasteiger partial charge in [0.2, 0.25) is 0 Å². The van der Waals surface area contributed by atoms with E-state index in [0.717, 1.165) is 39.1 Å². The van der Waals surface area contributed by atoms with Crippen LogP contribution in [0.15, 0.2) is 72.8 Å². The van der Waals surface area contributed by atoms with Gasteiger partial charge in [0.05, 0.1) is 17.1 Å². The summed E-state index contributed by atoms with van der Waals surface area (Å²) in [6.07, 6.45) is 0. The van der Waals surface area contributed by atoms with Crippen LogP contribution in [0.5, 0.6) is 0 Å². The van der Waals surface area contributed by atoms with Gasteiger partial charge in [-0.1, -0.05) is 54.6 Å². The second-order valence-corrected chi connectivity index (χ2v) is 7.77. The zero-order valence-corrected chi connectivity index (χ0v) is 17.5. The topological polar surface area (TPSA) is 50.2 Å². The fourth-order valence-corrected chi connectivity index (χ4v) is 4.51. The third-order valence-corrected chi connectivity index (χ3v) is 5.88. The van der Waals surface area contributed by atoms with Gasteiger partial charge in [-0.3, -0.25) is 9.69 Å². The number of anilines is 1. The Labute approximate surface area is 179 Å². The van der Waals surface area contributed by atoms with E-state index in [2.05, 4.69) is 5.32 Å². The molecule has 1 aliphatic heterocycles. The van der Waals surface area contributed by atoms with E-state index in [1.165, 1.54) is 0 Å². The molecule has 0 saturated carbocycles. The van der Waals surface area contributed by atoms with Crippen LogP contribution < -0.4 is 10.2 Å². The molecule has 0 spiro atoms. The molecule has 1 amide bonds. The molecule has 0 unspecified atom stereocenters. The summed E-state index contributed by atoms with van der Waals surface area (Å²) in [6, 6.07) is 23.3. The maximum atomic E-state index is 13.5. The highest BCUT2D eigenvalue weighted by atomic mass is 32.1. The first kappa shape index (κ1) is 18.5. The van der Waals surface area contributed by atoms with Crippen molar-refractivity contribution in [3.8, 4) is 5.69 Å². The normalized spacial score (nSPS) is 16.3. The quantitative estimate of drug-likeness (QED) is 0.500. The van der Waals surface area contributed by atoms with Crippen molar-refractivity contribution in [2.75, 3.05) is 4.90 Å². The number of amides is 1. The average Bonchev–Trinajstić information content (AvgIpc) is 3.22. The molecule has 4 aromatic rings. The van der Waals surface area contributed by atoms with Crippen LogP contribution in [0.3, 0.4) is 0 Å². The third kappa shape index (κ3) is 2.80. The minimum Gasteiger partial charge on any atom is -0.346 e. The number of rotatable bonds is 3. The van der Waals surface area contributed by atoms with Gasteiger partial charge in [0.25, 0.3) is 5.91 Å². The lowest BCUT2D eigenvalue weighted by Gasteiger charge is -2.17. The monoisotopic (exact) mass is 412 g/mol. The largest absolute Gasteiger partial charge is 0.346 e. The molecule has 30 heavy (non-hydrogen) atoms.